The van der Waals surface area contributed by atoms with Gasteiger partial charge in [0.25, 0.3) is 0 Å². The van der Waals surface area contributed by atoms with Gasteiger partial charge in [0.05, 0.1) is 11.5 Å². The molecule has 0 aliphatic heterocycles. The lowest BCUT2D eigenvalue weighted by atomic mass is 10.2. The van der Waals surface area contributed by atoms with Crippen molar-refractivity contribution in [2.75, 3.05) is 33.5 Å². The Morgan fingerprint density at radius 2 is 2.21 bits per heavy atom. The van der Waals surface area contributed by atoms with Crippen molar-refractivity contribution in [1.29, 1.82) is 0 Å². The van der Waals surface area contributed by atoms with E-state index in [2.05, 4.69) is 5.32 Å². The Hall–Kier alpha value is -1.73. The van der Waals surface area contributed by atoms with Crippen LogP contribution in [-0.4, -0.2) is 38.5 Å². The van der Waals surface area contributed by atoms with E-state index in [1.807, 2.05) is 0 Å². The van der Waals surface area contributed by atoms with Crippen LogP contribution >= 0.6 is 0 Å². The van der Waals surface area contributed by atoms with Crippen LogP contribution in [0.1, 0.15) is 5.56 Å². The number of benzene rings is 1. The third-order valence-electron chi connectivity index (χ3n) is 2.37. The second-order valence-electron chi connectivity index (χ2n) is 3.77. The van der Waals surface area contributed by atoms with Gasteiger partial charge in [-0.3, -0.25) is 10.1 Å². The van der Waals surface area contributed by atoms with Gasteiger partial charge in [-0.05, 0) is 11.6 Å². The van der Waals surface area contributed by atoms with Gasteiger partial charge in [0.2, 0.25) is 0 Å². The molecule has 0 radical (unpaired) electrons. The van der Waals surface area contributed by atoms with E-state index < -0.39 is 11.6 Å². The van der Waals surface area contributed by atoms with E-state index in [-0.39, 0.29) is 18.0 Å². The second-order valence-corrected chi connectivity index (χ2v) is 3.77. The molecule has 106 valence electrons. The molecular formula is C12H17FN2O4. The van der Waals surface area contributed by atoms with Gasteiger partial charge >= 0.3 is 5.69 Å². The van der Waals surface area contributed by atoms with Gasteiger partial charge in [0, 0.05) is 26.3 Å². The van der Waals surface area contributed by atoms with Crippen LogP contribution in [0.5, 0.6) is 5.75 Å². The molecule has 1 N–H and O–H groups in total. The monoisotopic (exact) mass is 272 g/mol. The first-order chi connectivity index (χ1) is 9.19. The van der Waals surface area contributed by atoms with E-state index in [4.69, 9.17) is 9.47 Å². The Bertz CT molecular complexity index is 415. The molecular weight excluding hydrogens is 255 g/mol. The predicted octanol–water partition coefficient (Wildman–Crippen LogP) is 1.68. The molecule has 0 bridgehead atoms. The topological polar surface area (TPSA) is 73.6 Å². The fourth-order valence-corrected chi connectivity index (χ4v) is 1.49. The molecule has 19 heavy (non-hydrogen) atoms. The number of halogens is 1. The quantitative estimate of drug-likeness (QED) is 0.420. The third kappa shape index (κ3) is 5.19. The SMILES string of the molecule is COCCNCc1ccc(OCCF)c([N+](=O)[O-])c1. The summed E-state index contributed by atoms with van der Waals surface area (Å²) in [6.45, 7) is 0.849. The maximum atomic E-state index is 12.0. The van der Waals surface area contributed by atoms with Crippen molar-refractivity contribution in [1.82, 2.24) is 5.32 Å². The summed E-state index contributed by atoms with van der Waals surface area (Å²) in [5.74, 6) is 0.0864. The molecule has 0 aromatic heterocycles. The van der Waals surface area contributed by atoms with Crippen LogP contribution in [0.4, 0.5) is 10.1 Å². The average molecular weight is 272 g/mol. The molecule has 1 rings (SSSR count). The zero-order valence-corrected chi connectivity index (χ0v) is 10.7. The minimum absolute atomic E-state index is 0.0864. The zero-order valence-electron chi connectivity index (χ0n) is 10.7. The first kappa shape index (κ1) is 15.3. The van der Waals surface area contributed by atoms with Gasteiger partial charge in [-0.15, -0.1) is 0 Å². The fourth-order valence-electron chi connectivity index (χ4n) is 1.49. The normalized spacial score (nSPS) is 10.4. The molecule has 0 heterocycles. The highest BCUT2D eigenvalue weighted by atomic mass is 19.1. The summed E-state index contributed by atoms with van der Waals surface area (Å²) in [7, 11) is 1.60. The van der Waals surface area contributed by atoms with Gasteiger partial charge in [-0.2, -0.15) is 0 Å². The van der Waals surface area contributed by atoms with E-state index >= 15 is 0 Å². The summed E-state index contributed by atoms with van der Waals surface area (Å²) in [5, 5.41) is 14.0. The highest BCUT2D eigenvalue weighted by Gasteiger charge is 2.15. The lowest BCUT2D eigenvalue weighted by Crippen LogP contribution is -2.18. The lowest BCUT2D eigenvalue weighted by Gasteiger charge is -2.08. The zero-order chi connectivity index (χ0) is 14.1. The Morgan fingerprint density at radius 3 is 2.84 bits per heavy atom. The maximum absolute atomic E-state index is 12.0. The number of hydrogen-bond acceptors (Lipinski definition) is 5. The summed E-state index contributed by atoms with van der Waals surface area (Å²) in [5.41, 5.74) is 0.606. The van der Waals surface area contributed by atoms with Crippen molar-refractivity contribution in [2.45, 2.75) is 6.54 Å². The maximum Gasteiger partial charge on any atom is 0.311 e. The number of hydrogen-bond donors (Lipinski definition) is 1. The highest BCUT2D eigenvalue weighted by Crippen LogP contribution is 2.27. The van der Waals surface area contributed by atoms with Crippen LogP contribution in [0.2, 0.25) is 0 Å². The van der Waals surface area contributed by atoms with Crippen LogP contribution in [-0.2, 0) is 11.3 Å². The number of ether oxygens (including phenoxy) is 2. The Kier molecular flexibility index (Phi) is 6.76. The number of nitrogens with one attached hydrogen (secondary N) is 1. The van der Waals surface area contributed by atoms with Crippen LogP contribution < -0.4 is 10.1 Å². The highest BCUT2D eigenvalue weighted by molar-refractivity contribution is 5.48. The molecule has 7 heteroatoms. The summed E-state index contributed by atoms with van der Waals surface area (Å²) < 4.78 is 21.9. The number of rotatable bonds is 9. The van der Waals surface area contributed by atoms with E-state index in [0.717, 1.165) is 5.56 Å². The van der Waals surface area contributed by atoms with Gasteiger partial charge in [-0.1, -0.05) is 6.07 Å². The molecule has 0 unspecified atom stereocenters. The van der Waals surface area contributed by atoms with E-state index in [9.17, 15) is 14.5 Å². The summed E-state index contributed by atoms with van der Waals surface area (Å²) in [6.07, 6.45) is 0. The number of methoxy groups -OCH3 is 1. The first-order valence-electron chi connectivity index (χ1n) is 5.84. The van der Waals surface area contributed by atoms with Crippen LogP contribution in [0, 0.1) is 10.1 Å². The Labute approximate surface area is 110 Å². The van der Waals surface area contributed by atoms with E-state index in [0.29, 0.717) is 19.7 Å². The van der Waals surface area contributed by atoms with Crippen LogP contribution in [0.3, 0.4) is 0 Å². The predicted molar refractivity (Wildman–Crippen MR) is 68.1 cm³/mol. The molecule has 0 saturated heterocycles. The molecule has 0 amide bonds. The molecule has 0 fully saturated rings. The van der Waals surface area contributed by atoms with Crippen molar-refractivity contribution in [3.8, 4) is 5.75 Å². The first-order valence-corrected chi connectivity index (χ1v) is 5.84. The summed E-state index contributed by atoms with van der Waals surface area (Å²) >= 11 is 0. The van der Waals surface area contributed by atoms with Gasteiger partial charge in [0.1, 0.15) is 13.3 Å². The van der Waals surface area contributed by atoms with Crippen LogP contribution in [0.15, 0.2) is 18.2 Å². The standard InChI is InChI=1S/C12H17FN2O4/c1-18-7-5-14-9-10-2-3-12(19-6-4-13)11(8-10)15(16)17/h2-3,8,14H,4-7,9H2,1H3. The Morgan fingerprint density at radius 1 is 1.42 bits per heavy atom. The van der Waals surface area contributed by atoms with Crippen molar-refractivity contribution >= 4 is 5.69 Å². The molecule has 0 saturated carbocycles. The summed E-state index contributed by atoms with van der Waals surface area (Å²) in [6, 6.07) is 4.62. The molecule has 0 aliphatic carbocycles. The van der Waals surface area contributed by atoms with Crippen molar-refractivity contribution in [2.24, 2.45) is 0 Å². The number of nitrogens with zero attached hydrogens (tertiary/aromatic N) is 1. The molecule has 6 nitrogen and oxygen atoms in total. The van der Waals surface area contributed by atoms with Crippen molar-refractivity contribution in [3.05, 3.63) is 33.9 Å². The minimum Gasteiger partial charge on any atom is -0.484 e. The second kappa shape index (κ2) is 8.39. The largest absolute Gasteiger partial charge is 0.484 e. The molecule has 0 spiro atoms. The molecule has 1 aromatic rings. The summed E-state index contributed by atoms with van der Waals surface area (Å²) in [4.78, 5) is 10.4. The van der Waals surface area contributed by atoms with Crippen molar-refractivity contribution in [3.63, 3.8) is 0 Å². The number of nitro groups is 1. The van der Waals surface area contributed by atoms with E-state index in [1.165, 1.54) is 12.1 Å². The van der Waals surface area contributed by atoms with Crippen LogP contribution in [0.25, 0.3) is 0 Å². The number of nitro benzene ring substituents is 1. The number of alkyl halides is 1. The Balaban J connectivity index is 2.69. The minimum atomic E-state index is -0.683. The molecule has 1 aromatic carbocycles. The van der Waals surface area contributed by atoms with Gasteiger partial charge < -0.3 is 14.8 Å². The molecule has 0 aliphatic rings. The van der Waals surface area contributed by atoms with Gasteiger partial charge in [0.15, 0.2) is 5.75 Å². The van der Waals surface area contributed by atoms with Crippen molar-refractivity contribution < 1.29 is 18.8 Å². The average Bonchev–Trinajstić information content (AvgIpc) is 2.41. The molecule has 0 atom stereocenters. The van der Waals surface area contributed by atoms with E-state index in [1.54, 1.807) is 13.2 Å². The fraction of sp³-hybridized carbons (Fsp3) is 0.500. The third-order valence-corrected chi connectivity index (χ3v) is 2.37. The lowest BCUT2D eigenvalue weighted by molar-refractivity contribution is -0.385. The van der Waals surface area contributed by atoms with Gasteiger partial charge in [-0.25, -0.2) is 4.39 Å². The smallest absolute Gasteiger partial charge is 0.311 e.